The maximum atomic E-state index is 12.0. The molecule has 2 unspecified atom stereocenters. The lowest BCUT2D eigenvalue weighted by atomic mass is 9.86. The Morgan fingerprint density at radius 3 is 2.29 bits per heavy atom. The Morgan fingerprint density at radius 1 is 1.08 bits per heavy atom. The van der Waals surface area contributed by atoms with E-state index >= 15 is 0 Å². The Bertz CT molecular complexity index is 440. The van der Waals surface area contributed by atoms with Gasteiger partial charge in [-0.15, -0.1) is 0 Å². The van der Waals surface area contributed by atoms with Crippen LogP contribution >= 0.6 is 0 Å². The van der Waals surface area contributed by atoms with E-state index in [1.807, 2.05) is 20.8 Å². The van der Waals surface area contributed by atoms with Gasteiger partial charge < -0.3 is 10.6 Å². The molecule has 0 saturated heterocycles. The first-order valence-corrected chi connectivity index (χ1v) is 8.93. The monoisotopic (exact) mass is 340 g/mol. The molecule has 1 aliphatic carbocycles. The molecule has 0 aromatic rings. The highest BCUT2D eigenvalue weighted by Crippen LogP contribution is 2.23. The van der Waals surface area contributed by atoms with E-state index in [9.17, 15) is 14.4 Å². The van der Waals surface area contributed by atoms with Crippen molar-refractivity contribution in [2.75, 3.05) is 19.6 Å². The van der Waals surface area contributed by atoms with Crippen LogP contribution in [0.4, 0.5) is 4.79 Å². The van der Waals surface area contributed by atoms with Crippen LogP contribution in [0.5, 0.6) is 0 Å². The zero-order valence-electron chi connectivity index (χ0n) is 15.4. The van der Waals surface area contributed by atoms with Crippen molar-refractivity contribution >= 4 is 17.8 Å². The molecule has 0 radical (unpaired) electrons. The van der Waals surface area contributed by atoms with Crippen molar-refractivity contribution in [2.45, 2.75) is 65.5 Å². The highest BCUT2D eigenvalue weighted by atomic mass is 16.2. The zero-order valence-corrected chi connectivity index (χ0v) is 15.4. The fourth-order valence-corrected chi connectivity index (χ4v) is 2.95. The van der Waals surface area contributed by atoms with Crippen LogP contribution in [-0.4, -0.2) is 54.5 Å². The lowest BCUT2D eigenvalue weighted by molar-refractivity contribution is -0.124. The quantitative estimate of drug-likeness (QED) is 0.650. The van der Waals surface area contributed by atoms with E-state index in [-0.39, 0.29) is 31.1 Å². The average Bonchev–Trinajstić information content (AvgIpc) is 2.47. The summed E-state index contributed by atoms with van der Waals surface area (Å²) < 4.78 is 0. The summed E-state index contributed by atoms with van der Waals surface area (Å²) >= 11 is 0. The SMILES string of the molecule is CCN(CC(=O)NC(=O)NC1CCCCC1C)CC(=O)NC(C)C. The van der Waals surface area contributed by atoms with Crippen LogP contribution < -0.4 is 16.0 Å². The van der Waals surface area contributed by atoms with Gasteiger partial charge in [0, 0.05) is 12.1 Å². The minimum atomic E-state index is -0.443. The van der Waals surface area contributed by atoms with E-state index in [0.717, 1.165) is 19.3 Å². The third-order valence-corrected chi connectivity index (χ3v) is 4.31. The Balaban J connectivity index is 2.36. The minimum Gasteiger partial charge on any atom is -0.353 e. The second-order valence-electron chi connectivity index (χ2n) is 6.92. The fraction of sp³-hybridized carbons (Fsp3) is 0.824. The van der Waals surface area contributed by atoms with E-state index in [1.165, 1.54) is 6.42 Å². The van der Waals surface area contributed by atoms with Gasteiger partial charge in [0.05, 0.1) is 13.1 Å². The fourth-order valence-electron chi connectivity index (χ4n) is 2.95. The average molecular weight is 340 g/mol. The standard InChI is InChI=1S/C17H32N4O3/c1-5-21(10-15(22)18-12(2)3)11-16(23)20-17(24)19-14-9-7-6-8-13(14)4/h12-14H,5-11H2,1-4H3,(H,18,22)(H2,19,20,23,24). The van der Waals surface area contributed by atoms with Crippen molar-refractivity contribution in [3.63, 3.8) is 0 Å². The number of likely N-dealkylation sites (N-methyl/N-ethyl adjacent to an activating group) is 1. The molecule has 1 aliphatic rings. The Kier molecular flexibility index (Phi) is 8.74. The summed E-state index contributed by atoms with van der Waals surface area (Å²) in [5.41, 5.74) is 0. The first-order chi connectivity index (χ1) is 11.3. The van der Waals surface area contributed by atoms with Crippen LogP contribution in [0.1, 0.15) is 53.4 Å². The number of imide groups is 1. The highest BCUT2D eigenvalue weighted by molar-refractivity contribution is 5.95. The van der Waals surface area contributed by atoms with Crippen molar-refractivity contribution in [3.8, 4) is 0 Å². The molecule has 0 heterocycles. The van der Waals surface area contributed by atoms with Gasteiger partial charge >= 0.3 is 6.03 Å². The molecule has 24 heavy (non-hydrogen) atoms. The third kappa shape index (κ3) is 7.77. The number of nitrogens with one attached hydrogen (secondary N) is 3. The summed E-state index contributed by atoms with van der Waals surface area (Å²) in [6.45, 7) is 8.49. The third-order valence-electron chi connectivity index (χ3n) is 4.31. The number of amides is 4. The number of hydrogen-bond acceptors (Lipinski definition) is 4. The Morgan fingerprint density at radius 2 is 1.71 bits per heavy atom. The van der Waals surface area contributed by atoms with E-state index < -0.39 is 11.9 Å². The summed E-state index contributed by atoms with van der Waals surface area (Å²) in [4.78, 5) is 37.4. The van der Waals surface area contributed by atoms with Gasteiger partial charge in [-0.1, -0.05) is 26.7 Å². The predicted octanol–water partition coefficient (Wildman–Crippen LogP) is 1.24. The molecule has 7 heteroatoms. The van der Waals surface area contributed by atoms with Crippen LogP contribution in [0.2, 0.25) is 0 Å². The van der Waals surface area contributed by atoms with Gasteiger partial charge in [0.2, 0.25) is 11.8 Å². The topological polar surface area (TPSA) is 90.5 Å². The van der Waals surface area contributed by atoms with Gasteiger partial charge in [0.25, 0.3) is 0 Å². The summed E-state index contributed by atoms with van der Waals surface area (Å²) in [6.07, 6.45) is 4.37. The molecule has 3 N–H and O–H groups in total. The number of carbonyl (C=O) groups excluding carboxylic acids is 3. The van der Waals surface area contributed by atoms with Crippen molar-refractivity contribution in [2.24, 2.45) is 5.92 Å². The van der Waals surface area contributed by atoms with E-state index in [0.29, 0.717) is 12.5 Å². The molecule has 0 aromatic heterocycles. The summed E-state index contributed by atoms with van der Waals surface area (Å²) in [5, 5.41) is 8.04. The maximum absolute atomic E-state index is 12.0. The predicted molar refractivity (Wildman–Crippen MR) is 93.5 cm³/mol. The van der Waals surface area contributed by atoms with E-state index in [1.54, 1.807) is 4.90 Å². The van der Waals surface area contributed by atoms with Gasteiger partial charge in [0.1, 0.15) is 0 Å². The largest absolute Gasteiger partial charge is 0.353 e. The van der Waals surface area contributed by atoms with Crippen LogP contribution in [0.25, 0.3) is 0 Å². The van der Waals surface area contributed by atoms with Crippen LogP contribution in [0.15, 0.2) is 0 Å². The molecular weight excluding hydrogens is 308 g/mol. The van der Waals surface area contributed by atoms with Gasteiger partial charge in [-0.25, -0.2) is 4.79 Å². The normalized spacial score (nSPS) is 20.8. The zero-order chi connectivity index (χ0) is 18.1. The number of rotatable bonds is 7. The minimum absolute atomic E-state index is 0.0235. The van der Waals surface area contributed by atoms with Crippen LogP contribution in [0, 0.1) is 5.92 Å². The van der Waals surface area contributed by atoms with Crippen LogP contribution in [0.3, 0.4) is 0 Å². The molecule has 0 aromatic carbocycles. The molecule has 4 amide bonds. The van der Waals surface area contributed by atoms with E-state index in [2.05, 4.69) is 22.9 Å². The summed E-state index contributed by atoms with van der Waals surface area (Å²) in [7, 11) is 0. The second kappa shape index (κ2) is 10.3. The molecule has 2 atom stereocenters. The molecule has 7 nitrogen and oxygen atoms in total. The van der Waals surface area contributed by atoms with Gasteiger partial charge in [-0.2, -0.15) is 0 Å². The second-order valence-corrected chi connectivity index (χ2v) is 6.92. The van der Waals surface area contributed by atoms with Gasteiger partial charge in [-0.05, 0) is 39.2 Å². The number of nitrogens with zero attached hydrogens (tertiary/aromatic N) is 1. The first kappa shape index (κ1) is 20.4. The number of hydrogen-bond donors (Lipinski definition) is 3. The van der Waals surface area contributed by atoms with E-state index in [4.69, 9.17) is 0 Å². The Hall–Kier alpha value is -1.63. The van der Waals surface area contributed by atoms with Crippen LogP contribution in [-0.2, 0) is 9.59 Å². The summed E-state index contributed by atoms with van der Waals surface area (Å²) in [5.74, 6) is -0.0817. The highest BCUT2D eigenvalue weighted by Gasteiger charge is 2.23. The molecule has 1 rings (SSSR count). The maximum Gasteiger partial charge on any atom is 0.321 e. The Labute approximate surface area is 144 Å². The molecule has 0 bridgehead atoms. The van der Waals surface area contributed by atoms with Crippen molar-refractivity contribution < 1.29 is 14.4 Å². The first-order valence-electron chi connectivity index (χ1n) is 8.93. The molecule has 1 saturated carbocycles. The molecule has 138 valence electrons. The molecule has 1 fully saturated rings. The molecule has 0 aliphatic heterocycles. The number of carbonyl (C=O) groups is 3. The van der Waals surface area contributed by atoms with Gasteiger partial charge in [0.15, 0.2) is 0 Å². The van der Waals surface area contributed by atoms with Crippen molar-refractivity contribution in [1.82, 2.24) is 20.9 Å². The summed E-state index contributed by atoms with van der Waals surface area (Å²) in [6, 6.07) is -0.250. The van der Waals surface area contributed by atoms with Crippen molar-refractivity contribution in [3.05, 3.63) is 0 Å². The lowest BCUT2D eigenvalue weighted by Crippen LogP contribution is -2.50. The molecular formula is C17H32N4O3. The lowest BCUT2D eigenvalue weighted by Gasteiger charge is -2.29. The smallest absolute Gasteiger partial charge is 0.321 e. The van der Waals surface area contributed by atoms with Gasteiger partial charge in [-0.3, -0.25) is 19.8 Å². The van der Waals surface area contributed by atoms with Crippen molar-refractivity contribution in [1.29, 1.82) is 0 Å². The number of urea groups is 1. The molecule has 0 spiro atoms.